The number of nitrogens with zero attached hydrogens (tertiary/aromatic N) is 1. The molecule has 4 heteroatoms. The highest BCUT2D eigenvalue weighted by Crippen LogP contribution is 2.25. The van der Waals surface area contributed by atoms with Crippen LogP contribution in [0.2, 0.25) is 0 Å². The highest BCUT2D eigenvalue weighted by atomic mass is 79.9. The van der Waals surface area contributed by atoms with Gasteiger partial charge in [-0.2, -0.15) is 0 Å². The lowest BCUT2D eigenvalue weighted by Crippen LogP contribution is -2.40. The van der Waals surface area contributed by atoms with Gasteiger partial charge >= 0.3 is 0 Å². The molecule has 1 atom stereocenters. The fourth-order valence-corrected chi connectivity index (χ4v) is 2.81. The molecule has 1 aliphatic heterocycles. The van der Waals surface area contributed by atoms with Crippen molar-refractivity contribution in [1.82, 2.24) is 4.90 Å². The summed E-state index contributed by atoms with van der Waals surface area (Å²) < 4.78 is 13.9. The fourth-order valence-electron chi connectivity index (χ4n) is 2.47. The number of rotatable bonds is 3. The van der Waals surface area contributed by atoms with Crippen LogP contribution in [0.4, 0.5) is 10.1 Å². The maximum atomic E-state index is 13.3. The SMILES string of the molecule is Cc1cc(F)c(Br)cc1NCC1CCCCN1C. The van der Waals surface area contributed by atoms with Gasteiger partial charge in [-0.15, -0.1) is 0 Å². The molecular formula is C14H20BrFN2. The Morgan fingerprint density at radius 1 is 1.44 bits per heavy atom. The standard InChI is InChI=1S/C14H20BrFN2/c1-10-7-13(16)12(15)8-14(10)17-9-11-5-3-4-6-18(11)2/h7-8,11,17H,3-6,9H2,1-2H3. The zero-order valence-electron chi connectivity index (χ0n) is 11.0. The fraction of sp³-hybridized carbons (Fsp3) is 0.571. The predicted molar refractivity (Wildman–Crippen MR) is 77.6 cm³/mol. The van der Waals surface area contributed by atoms with Crippen LogP contribution in [0.1, 0.15) is 24.8 Å². The number of likely N-dealkylation sites (N-methyl/N-ethyl adjacent to an activating group) is 1. The molecule has 1 aliphatic rings. The minimum atomic E-state index is -0.201. The molecule has 0 aliphatic carbocycles. The summed E-state index contributed by atoms with van der Waals surface area (Å²) >= 11 is 3.23. The van der Waals surface area contributed by atoms with Gasteiger partial charge in [0.25, 0.3) is 0 Å². The van der Waals surface area contributed by atoms with Crippen LogP contribution in [0.3, 0.4) is 0 Å². The largest absolute Gasteiger partial charge is 0.383 e. The average molecular weight is 315 g/mol. The number of halogens is 2. The van der Waals surface area contributed by atoms with Crippen molar-refractivity contribution in [2.75, 3.05) is 25.5 Å². The van der Waals surface area contributed by atoms with E-state index in [1.165, 1.54) is 25.8 Å². The van der Waals surface area contributed by atoms with Crippen LogP contribution in [-0.2, 0) is 0 Å². The van der Waals surface area contributed by atoms with E-state index >= 15 is 0 Å². The molecular weight excluding hydrogens is 295 g/mol. The molecule has 0 amide bonds. The first-order valence-electron chi connectivity index (χ1n) is 6.47. The van der Waals surface area contributed by atoms with Crippen molar-refractivity contribution in [2.24, 2.45) is 0 Å². The molecule has 1 heterocycles. The number of likely N-dealkylation sites (tertiary alicyclic amines) is 1. The topological polar surface area (TPSA) is 15.3 Å². The van der Waals surface area contributed by atoms with Crippen LogP contribution < -0.4 is 5.32 Å². The second-order valence-electron chi connectivity index (χ2n) is 5.09. The number of nitrogens with one attached hydrogen (secondary N) is 1. The van der Waals surface area contributed by atoms with E-state index in [1.807, 2.05) is 13.0 Å². The predicted octanol–water partition coefficient (Wildman–Crippen LogP) is 3.79. The highest BCUT2D eigenvalue weighted by molar-refractivity contribution is 9.10. The lowest BCUT2D eigenvalue weighted by Gasteiger charge is -2.33. The number of anilines is 1. The van der Waals surface area contributed by atoms with Crippen LogP contribution in [0.25, 0.3) is 0 Å². The molecule has 100 valence electrons. The molecule has 0 radical (unpaired) electrons. The Kier molecular flexibility index (Phi) is 4.62. The van der Waals surface area contributed by atoms with Crippen molar-refractivity contribution in [3.8, 4) is 0 Å². The molecule has 0 aromatic heterocycles. The first kappa shape index (κ1) is 13.8. The third-order valence-electron chi connectivity index (χ3n) is 3.72. The van der Waals surface area contributed by atoms with E-state index in [-0.39, 0.29) is 5.82 Å². The second-order valence-corrected chi connectivity index (χ2v) is 5.95. The van der Waals surface area contributed by atoms with Crippen molar-refractivity contribution in [2.45, 2.75) is 32.2 Å². The molecule has 0 spiro atoms. The van der Waals surface area contributed by atoms with Crippen molar-refractivity contribution in [3.63, 3.8) is 0 Å². The molecule has 1 aromatic rings. The van der Waals surface area contributed by atoms with Gasteiger partial charge in [-0.05, 0) is 67.0 Å². The molecule has 18 heavy (non-hydrogen) atoms. The van der Waals surface area contributed by atoms with Crippen LogP contribution >= 0.6 is 15.9 Å². The summed E-state index contributed by atoms with van der Waals surface area (Å²) in [6.07, 6.45) is 3.85. The first-order valence-corrected chi connectivity index (χ1v) is 7.27. The molecule has 2 nitrogen and oxygen atoms in total. The summed E-state index contributed by atoms with van der Waals surface area (Å²) in [5, 5.41) is 3.44. The Hall–Kier alpha value is -0.610. The summed E-state index contributed by atoms with van der Waals surface area (Å²) in [7, 11) is 2.18. The minimum Gasteiger partial charge on any atom is -0.383 e. The third kappa shape index (κ3) is 3.23. The molecule has 1 N–H and O–H groups in total. The molecule has 2 rings (SSSR count). The normalized spacial score (nSPS) is 21.0. The van der Waals surface area contributed by atoms with Gasteiger partial charge < -0.3 is 10.2 Å². The zero-order valence-corrected chi connectivity index (χ0v) is 12.6. The van der Waals surface area contributed by atoms with Gasteiger partial charge in [0, 0.05) is 18.3 Å². The van der Waals surface area contributed by atoms with Crippen molar-refractivity contribution >= 4 is 21.6 Å². The molecule has 0 bridgehead atoms. The number of benzene rings is 1. The van der Waals surface area contributed by atoms with E-state index in [0.29, 0.717) is 10.5 Å². The van der Waals surface area contributed by atoms with E-state index in [0.717, 1.165) is 17.8 Å². The smallest absolute Gasteiger partial charge is 0.137 e. The molecule has 1 fully saturated rings. The van der Waals surface area contributed by atoms with E-state index in [2.05, 4.69) is 33.2 Å². The maximum Gasteiger partial charge on any atom is 0.137 e. The average Bonchev–Trinajstić information content (AvgIpc) is 2.34. The van der Waals surface area contributed by atoms with Crippen molar-refractivity contribution in [1.29, 1.82) is 0 Å². The van der Waals surface area contributed by atoms with Gasteiger partial charge in [0.2, 0.25) is 0 Å². The van der Waals surface area contributed by atoms with Crippen LogP contribution in [0.15, 0.2) is 16.6 Å². The van der Waals surface area contributed by atoms with E-state index < -0.39 is 0 Å². The summed E-state index contributed by atoms with van der Waals surface area (Å²) in [6, 6.07) is 3.98. The maximum absolute atomic E-state index is 13.3. The van der Waals surface area contributed by atoms with Gasteiger partial charge in [-0.3, -0.25) is 0 Å². The first-order chi connectivity index (χ1) is 8.58. The van der Waals surface area contributed by atoms with E-state index in [4.69, 9.17) is 0 Å². The van der Waals surface area contributed by atoms with Crippen molar-refractivity contribution in [3.05, 3.63) is 28.0 Å². The summed E-state index contributed by atoms with van der Waals surface area (Å²) in [5.41, 5.74) is 1.97. The van der Waals surface area contributed by atoms with Gasteiger partial charge in [-0.1, -0.05) is 6.42 Å². The Bertz CT molecular complexity index is 423. The van der Waals surface area contributed by atoms with E-state index in [1.54, 1.807) is 6.07 Å². The van der Waals surface area contributed by atoms with Gasteiger partial charge in [-0.25, -0.2) is 4.39 Å². The Morgan fingerprint density at radius 3 is 2.94 bits per heavy atom. The lowest BCUT2D eigenvalue weighted by molar-refractivity contribution is 0.194. The lowest BCUT2D eigenvalue weighted by atomic mass is 10.0. The van der Waals surface area contributed by atoms with Gasteiger partial charge in [0.05, 0.1) is 4.47 Å². The summed E-state index contributed by atoms with van der Waals surface area (Å²) in [4.78, 5) is 2.41. The Morgan fingerprint density at radius 2 is 2.22 bits per heavy atom. The summed E-state index contributed by atoms with van der Waals surface area (Å²) in [5.74, 6) is -0.201. The highest BCUT2D eigenvalue weighted by Gasteiger charge is 2.18. The molecule has 1 unspecified atom stereocenters. The van der Waals surface area contributed by atoms with Gasteiger partial charge in [0.15, 0.2) is 0 Å². The molecule has 1 saturated heterocycles. The van der Waals surface area contributed by atoms with Crippen molar-refractivity contribution < 1.29 is 4.39 Å². The third-order valence-corrected chi connectivity index (χ3v) is 4.32. The quantitative estimate of drug-likeness (QED) is 0.913. The number of piperidine rings is 1. The number of aryl methyl sites for hydroxylation is 1. The molecule has 0 saturated carbocycles. The number of hydrogen-bond donors (Lipinski definition) is 1. The minimum absolute atomic E-state index is 0.201. The Labute approximate surface area is 117 Å². The van der Waals surface area contributed by atoms with Gasteiger partial charge in [0.1, 0.15) is 5.82 Å². The summed E-state index contributed by atoms with van der Waals surface area (Å²) in [6.45, 7) is 4.04. The van der Waals surface area contributed by atoms with Crippen LogP contribution in [0.5, 0.6) is 0 Å². The zero-order chi connectivity index (χ0) is 13.1. The van der Waals surface area contributed by atoms with E-state index in [9.17, 15) is 4.39 Å². The number of hydrogen-bond acceptors (Lipinski definition) is 2. The monoisotopic (exact) mass is 314 g/mol. The second kappa shape index (κ2) is 6.02. The molecule has 1 aromatic carbocycles. The Balaban J connectivity index is 1.99. The van der Waals surface area contributed by atoms with Crippen LogP contribution in [0, 0.1) is 12.7 Å². The van der Waals surface area contributed by atoms with Crippen LogP contribution in [-0.4, -0.2) is 31.1 Å².